The van der Waals surface area contributed by atoms with Gasteiger partial charge in [-0.1, -0.05) is 22.9 Å². The smallest absolute Gasteiger partial charge is 0.290 e. The van der Waals surface area contributed by atoms with Gasteiger partial charge in [-0.25, -0.2) is 23.7 Å². The number of nitrogens with zero attached hydrogens (tertiary/aromatic N) is 6. The van der Waals surface area contributed by atoms with Crippen molar-refractivity contribution in [3.63, 3.8) is 0 Å². The Balaban J connectivity index is 1.41. The van der Waals surface area contributed by atoms with E-state index in [1.54, 1.807) is 19.1 Å². The van der Waals surface area contributed by atoms with Crippen LogP contribution >= 0.6 is 22.9 Å². The molecule has 0 aliphatic carbocycles. The van der Waals surface area contributed by atoms with Crippen LogP contribution in [0.4, 0.5) is 19.7 Å². The van der Waals surface area contributed by atoms with E-state index in [0.717, 1.165) is 11.3 Å². The number of carbonyl (C=O) groups excluding carboxylic acids is 1. The number of piperidine rings is 1. The Morgan fingerprint density at radius 1 is 1.16 bits per heavy atom. The molecule has 38 heavy (non-hydrogen) atoms. The maximum atomic E-state index is 14.4. The van der Waals surface area contributed by atoms with E-state index in [9.17, 15) is 13.6 Å². The van der Waals surface area contributed by atoms with E-state index in [-0.39, 0.29) is 27.9 Å². The molecule has 0 spiro atoms. The highest BCUT2D eigenvalue weighted by Gasteiger charge is 2.45. The zero-order valence-electron chi connectivity index (χ0n) is 20.5. The summed E-state index contributed by atoms with van der Waals surface area (Å²) in [7, 11) is 2.78. The average molecular weight is 562 g/mol. The van der Waals surface area contributed by atoms with Crippen LogP contribution in [0.3, 0.4) is 0 Å². The molecule has 5 rings (SSSR count). The van der Waals surface area contributed by atoms with Crippen molar-refractivity contribution in [2.45, 2.75) is 25.4 Å². The molecule has 1 atom stereocenters. The number of amides is 1. The fourth-order valence-electron chi connectivity index (χ4n) is 4.24. The fraction of sp³-hybridized carbons (Fsp3) is 0.333. The largest absolute Gasteiger partial charge is 0.494 e. The molecule has 0 unspecified atom stereocenters. The summed E-state index contributed by atoms with van der Waals surface area (Å²) in [5, 5.41) is 3.25. The summed E-state index contributed by atoms with van der Waals surface area (Å²) < 4.78 is 39.1. The predicted molar refractivity (Wildman–Crippen MR) is 140 cm³/mol. The highest BCUT2D eigenvalue weighted by Crippen LogP contribution is 2.35. The summed E-state index contributed by atoms with van der Waals surface area (Å²) in [6.45, 7) is 1.62. The second-order valence-corrected chi connectivity index (χ2v) is 9.97. The number of fused-ring (bicyclic) bond motifs is 1. The molecule has 1 N–H and O–H groups in total. The number of hydrogen-bond donors (Lipinski definition) is 1. The number of hydrogen-bond acceptors (Lipinski definition) is 10. The van der Waals surface area contributed by atoms with Gasteiger partial charge in [0.15, 0.2) is 15.6 Å². The van der Waals surface area contributed by atoms with E-state index in [4.69, 9.17) is 21.1 Å². The van der Waals surface area contributed by atoms with Crippen molar-refractivity contribution >= 4 is 50.3 Å². The van der Waals surface area contributed by atoms with Crippen molar-refractivity contribution in [2.24, 2.45) is 0 Å². The van der Waals surface area contributed by atoms with Crippen LogP contribution < -0.4 is 15.0 Å². The lowest BCUT2D eigenvalue weighted by atomic mass is 10.0. The average Bonchev–Trinajstić information content (AvgIpc) is 3.29. The number of thiazole rings is 1. The standard InChI is InChI=1S/C24H22ClF2N7O3S/c1-12-6-13(14-7-18(25)29-9-16(14)36-2)15(8-28-12)21(35)33-23-32-20-22(38-23)31-19(10-30-20)34-5-4-17(37-3)24(26,27)11-34/h6-10,17H,4-5,11H2,1-3H3,(H,30,32,33,35)/t17-/m1/s1. The third-order valence-electron chi connectivity index (χ3n) is 6.10. The van der Waals surface area contributed by atoms with Gasteiger partial charge in [-0.15, -0.1) is 0 Å². The lowest BCUT2D eigenvalue weighted by molar-refractivity contribution is -0.129. The Labute approximate surface area is 225 Å². The van der Waals surface area contributed by atoms with Crippen molar-refractivity contribution in [3.8, 4) is 16.9 Å². The SMILES string of the molecule is COc1cnc(Cl)cc1-c1cc(C)ncc1C(=O)Nc1nc2ncc(N3CC[C@@H](OC)C(F)(F)C3)nc2s1. The molecule has 1 fully saturated rings. The molecule has 4 aromatic rings. The lowest BCUT2D eigenvalue weighted by Crippen LogP contribution is -2.52. The molecule has 4 aromatic heterocycles. The normalized spacial score (nSPS) is 17.0. The molecule has 1 aliphatic rings. The number of methoxy groups -OCH3 is 2. The summed E-state index contributed by atoms with van der Waals surface area (Å²) in [5.41, 5.74) is 2.37. The van der Waals surface area contributed by atoms with Gasteiger partial charge in [0.25, 0.3) is 11.8 Å². The summed E-state index contributed by atoms with van der Waals surface area (Å²) >= 11 is 7.20. The van der Waals surface area contributed by atoms with E-state index in [1.807, 2.05) is 0 Å². The Morgan fingerprint density at radius 3 is 2.71 bits per heavy atom. The van der Waals surface area contributed by atoms with Gasteiger partial charge in [0.2, 0.25) is 0 Å². The van der Waals surface area contributed by atoms with Gasteiger partial charge in [0.05, 0.1) is 31.6 Å². The number of rotatable bonds is 6. The highest BCUT2D eigenvalue weighted by molar-refractivity contribution is 7.21. The predicted octanol–water partition coefficient (Wildman–Crippen LogP) is 4.63. The van der Waals surface area contributed by atoms with Crippen LogP contribution in [0.15, 0.2) is 30.7 Å². The molecule has 1 aliphatic heterocycles. The van der Waals surface area contributed by atoms with Gasteiger partial charge < -0.3 is 14.4 Å². The lowest BCUT2D eigenvalue weighted by Gasteiger charge is -2.37. The summed E-state index contributed by atoms with van der Waals surface area (Å²) in [5.74, 6) is -2.74. The van der Waals surface area contributed by atoms with Gasteiger partial charge in [0.1, 0.15) is 22.8 Å². The number of pyridine rings is 2. The summed E-state index contributed by atoms with van der Waals surface area (Å²) in [6, 6.07) is 3.36. The zero-order chi connectivity index (χ0) is 27.0. The van der Waals surface area contributed by atoms with E-state index >= 15 is 0 Å². The first-order valence-corrected chi connectivity index (χ1v) is 12.6. The van der Waals surface area contributed by atoms with Crippen LogP contribution in [0.25, 0.3) is 21.6 Å². The monoisotopic (exact) mass is 561 g/mol. The molecule has 1 saturated heterocycles. The number of aryl methyl sites for hydroxylation is 1. The maximum Gasteiger partial charge on any atom is 0.290 e. The molecular formula is C24H22ClF2N7O3S. The minimum absolute atomic E-state index is 0.160. The van der Waals surface area contributed by atoms with Gasteiger partial charge in [-0.3, -0.25) is 15.1 Å². The summed E-state index contributed by atoms with van der Waals surface area (Å²) in [4.78, 5) is 36.6. The quantitative estimate of drug-likeness (QED) is 0.336. The maximum absolute atomic E-state index is 14.4. The number of nitrogens with one attached hydrogen (secondary N) is 1. The second kappa shape index (κ2) is 10.3. The van der Waals surface area contributed by atoms with Crippen LogP contribution in [-0.2, 0) is 4.74 Å². The van der Waals surface area contributed by atoms with Crippen molar-refractivity contribution in [1.82, 2.24) is 24.9 Å². The molecule has 0 aromatic carbocycles. The van der Waals surface area contributed by atoms with Gasteiger partial charge in [-0.05, 0) is 25.5 Å². The Kier molecular flexibility index (Phi) is 7.07. The number of carbonyl (C=O) groups is 1. The second-order valence-electron chi connectivity index (χ2n) is 8.60. The Morgan fingerprint density at radius 2 is 1.97 bits per heavy atom. The number of anilines is 2. The third kappa shape index (κ3) is 5.08. The van der Waals surface area contributed by atoms with Crippen LogP contribution in [0.2, 0.25) is 5.15 Å². The van der Waals surface area contributed by atoms with E-state index in [0.29, 0.717) is 39.8 Å². The van der Waals surface area contributed by atoms with Gasteiger partial charge >= 0.3 is 0 Å². The molecule has 0 radical (unpaired) electrons. The van der Waals surface area contributed by atoms with Gasteiger partial charge in [0, 0.05) is 36.7 Å². The van der Waals surface area contributed by atoms with Crippen LogP contribution in [0.5, 0.6) is 5.75 Å². The van der Waals surface area contributed by atoms with Crippen LogP contribution in [-0.4, -0.2) is 70.2 Å². The number of aromatic nitrogens is 5. The fourth-order valence-corrected chi connectivity index (χ4v) is 5.19. The van der Waals surface area contributed by atoms with Crippen LogP contribution in [0, 0.1) is 6.92 Å². The highest BCUT2D eigenvalue weighted by atomic mass is 35.5. The topological polar surface area (TPSA) is 115 Å². The first-order chi connectivity index (χ1) is 18.2. The minimum Gasteiger partial charge on any atom is -0.494 e. The molecule has 14 heteroatoms. The zero-order valence-corrected chi connectivity index (χ0v) is 22.1. The summed E-state index contributed by atoms with van der Waals surface area (Å²) in [6.07, 6.45) is 3.36. The van der Waals surface area contributed by atoms with Crippen molar-refractivity contribution in [2.75, 3.05) is 37.5 Å². The molecular weight excluding hydrogens is 540 g/mol. The number of ether oxygens (including phenoxy) is 2. The molecule has 0 saturated carbocycles. The van der Waals surface area contributed by atoms with Crippen LogP contribution in [0.1, 0.15) is 22.5 Å². The van der Waals surface area contributed by atoms with E-state index in [2.05, 4.69) is 30.2 Å². The molecule has 10 nitrogen and oxygen atoms in total. The van der Waals surface area contributed by atoms with Crippen molar-refractivity contribution in [1.29, 1.82) is 0 Å². The molecule has 198 valence electrons. The number of alkyl halides is 2. The molecule has 5 heterocycles. The first-order valence-electron chi connectivity index (χ1n) is 11.5. The third-order valence-corrected chi connectivity index (χ3v) is 7.16. The molecule has 0 bridgehead atoms. The van der Waals surface area contributed by atoms with E-state index in [1.165, 1.54) is 37.7 Å². The van der Waals surface area contributed by atoms with Crippen molar-refractivity contribution in [3.05, 3.63) is 47.1 Å². The van der Waals surface area contributed by atoms with E-state index < -0.39 is 24.5 Å². The van der Waals surface area contributed by atoms with Gasteiger partial charge in [-0.2, -0.15) is 4.98 Å². The Bertz CT molecular complexity index is 1520. The Hall–Kier alpha value is -3.55. The number of halogens is 3. The minimum atomic E-state index is -3.02. The molecule has 1 amide bonds. The first kappa shape index (κ1) is 26.1. The van der Waals surface area contributed by atoms with Crippen molar-refractivity contribution < 1.29 is 23.0 Å².